The Morgan fingerprint density at radius 2 is 1.96 bits per heavy atom. The zero-order valence-corrected chi connectivity index (χ0v) is 14.7. The fraction of sp³-hybridized carbons (Fsp3) is 0.889. The SMILES string of the molecule is CCCC(=O)N1CCC[C@H](C(=O)N[C@@H](CC)C2CCOCC2)C1. The van der Waals surface area contributed by atoms with Crippen LogP contribution in [0.5, 0.6) is 0 Å². The number of carbonyl (C=O) groups excluding carboxylic acids is 2. The molecule has 2 fully saturated rings. The molecule has 132 valence electrons. The van der Waals surface area contributed by atoms with Crippen molar-refractivity contribution in [3.05, 3.63) is 0 Å². The molecule has 0 spiro atoms. The van der Waals surface area contributed by atoms with Gasteiger partial charge in [-0.1, -0.05) is 13.8 Å². The van der Waals surface area contributed by atoms with Crippen LogP contribution in [-0.4, -0.2) is 49.1 Å². The average molecular weight is 324 g/mol. The molecule has 5 heteroatoms. The standard InChI is InChI=1S/C18H32N2O3/c1-3-6-17(21)20-10-5-7-15(13-20)18(22)19-16(4-2)14-8-11-23-12-9-14/h14-16H,3-13H2,1-2H3,(H,19,22)/t15-,16-/m0/s1. The highest BCUT2D eigenvalue weighted by atomic mass is 16.5. The van der Waals surface area contributed by atoms with E-state index in [0.717, 1.165) is 58.3 Å². The lowest BCUT2D eigenvalue weighted by molar-refractivity contribution is -0.136. The minimum Gasteiger partial charge on any atom is -0.381 e. The Bertz CT molecular complexity index is 394. The number of ether oxygens (including phenoxy) is 1. The van der Waals surface area contributed by atoms with Gasteiger partial charge in [0.1, 0.15) is 0 Å². The van der Waals surface area contributed by atoms with Crippen molar-refractivity contribution in [1.82, 2.24) is 10.2 Å². The predicted octanol–water partition coefficient (Wildman–Crippen LogP) is 2.35. The summed E-state index contributed by atoms with van der Waals surface area (Å²) in [4.78, 5) is 26.6. The first-order valence-corrected chi connectivity index (χ1v) is 9.31. The third-order valence-electron chi connectivity index (χ3n) is 5.21. The molecule has 0 unspecified atom stereocenters. The minimum absolute atomic E-state index is 0.0431. The van der Waals surface area contributed by atoms with Gasteiger partial charge in [-0.15, -0.1) is 0 Å². The van der Waals surface area contributed by atoms with Gasteiger partial charge in [0, 0.05) is 38.8 Å². The molecule has 2 saturated heterocycles. The van der Waals surface area contributed by atoms with Crippen LogP contribution in [0, 0.1) is 11.8 Å². The van der Waals surface area contributed by atoms with Crippen LogP contribution in [0.2, 0.25) is 0 Å². The van der Waals surface area contributed by atoms with Gasteiger partial charge < -0.3 is 15.0 Å². The summed E-state index contributed by atoms with van der Waals surface area (Å²) >= 11 is 0. The summed E-state index contributed by atoms with van der Waals surface area (Å²) in [5, 5.41) is 3.27. The van der Waals surface area contributed by atoms with Crippen molar-refractivity contribution in [3.63, 3.8) is 0 Å². The molecule has 0 bridgehead atoms. The largest absolute Gasteiger partial charge is 0.381 e. The van der Waals surface area contributed by atoms with Crippen molar-refractivity contribution < 1.29 is 14.3 Å². The van der Waals surface area contributed by atoms with E-state index in [1.165, 1.54) is 0 Å². The van der Waals surface area contributed by atoms with E-state index in [9.17, 15) is 9.59 Å². The summed E-state index contributed by atoms with van der Waals surface area (Å²) < 4.78 is 5.42. The van der Waals surface area contributed by atoms with Crippen LogP contribution in [0.3, 0.4) is 0 Å². The first-order chi connectivity index (χ1) is 11.2. The van der Waals surface area contributed by atoms with E-state index in [0.29, 0.717) is 18.9 Å². The van der Waals surface area contributed by atoms with Crippen LogP contribution in [0.1, 0.15) is 58.8 Å². The fourth-order valence-corrected chi connectivity index (χ4v) is 3.76. The molecule has 2 aliphatic heterocycles. The van der Waals surface area contributed by atoms with Crippen LogP contribution < -0.4 is 5.32 Å². The second-order valence-corrected chi connectivity index (χ2v) is 6.90. The number of hydrogen-bond acceptors (Lipinski definition) is 3. The Kier molecular flexibility index (Phi) is 7.34. The molecule has 2 amide bonds. The zero-order chi connectivity index (χ0) is 16.7. The summed E-state index contributed by atoms with van der Waals surface area (Å²) in [7, 11) is 0. The number of piperidine rings is 1. The third kappa shape index (κ3) is 5.20. The van der Waals surface area contributed by atoms with E-state index in [1.54, 1.807) is 0 Å². The van der Waals surface area contributed by atoms with Crippen molar-refractivity contribution in [1.29, 1.82) is 0 Å². The van der Waals surface area contributed by atoms with E-state index in [-0.39, 0.29) is 23.8 Å². The van der Waals surface area contributed by atoms with Crippen LogP contribution in [0.4, 0.5) is 0 Å². The number of rotatable bonds is 6. The third-order valence-corrected chi connectivity index (χ3v) is 5.21. The molecule has 2 rings (SSSR count). The first kappa shape index (κ1) is 18.2. The molecule has 0 aromatic heterocycles. The molecule has 0 aromatic rings. The van der Waals surface area contributed by atoms with Gasteiger partial charge in [-0.2, -0.15) is 0 Å². The molecule has 0 radical (unpaired) electrons. The van der Waals surface area contributed by atoms with Gasteiger partial charge in [0.15, 0.2) is 0 Å². The number of carbonyl (C=O) groups is 2. The highest BCUT2D eigenvalue weighted by Gasteiger charge is 2.31. The molecule has 0 aromatic carbocycles. The predicted molar refractivity (Wildman–Crippen MR) is 90.0 cm³/mol. The number of nitrogens with one attached hydrogen (secondary N) is 1. The van der Waals surface area contributed by atoms with Gasteiger partial charge in [-0.05, 0) is 44.4 Å². The van der Waals surface area contributed by atoms with Crippen LogP contribution in [-0.2, 0) is 14.3 Å². The lowest BCUT2D eigenvalue weighted by Gasteiger charge is -2.35. The van der Waals surface area contributed by atoms with E-state index in [4.69, 9.17) is 4.74 Å². The van der Waals surface area contributed by atoms with Crippen molar-refractivity contribution in [2.24, 2.45) is 11.8 Å². The van der Waals surface area contributed by atoms with Crippen molar-refractivity contribution in [2.75, 3.05) is 26.3 Å². The Labute approximate surface area is 140 Å². The van der Waals surface area contributed by atoms with Crippen LogP contribution in [0.25, 0.3) is 0 Å². The number of amides is 2. The van der Waals surface area contributed by atoms with Gasteiger partial charge in [-0.3, -0.25) is 9.59 Å². The molecule has 0 saturated carbocycles. The maximum atomic E-state index is 12.7. The van der Waals surface area contributed by atoms with Gasteiger partial charge in [0.25, 0.3) is 0 Å². The summed E-state index contributed by atoms with van der Waals surface area (Å²) in [5.74, 6) is 0.816. The Hall–Kier alpha value is -1.10. The highest BCUT2D eigenvalue weighted by Crippen LogP contribution is 2.23. The molecular weight excluding hydrogens is 292 g/mol. The fourth-order valence-electron chi connectivity index (χ4n) is 3.76. The molecule has 2 aliphatic rings. The summed E-state index contributed by atoms with van der Waals surface area (Å²) in [6, 6.07) is 0.244. The average Bonchev–Trinajstić information content (AvgIpc) is 2.60. The monoisotopic (exact) mass is 324 g/mol. The number of hydrogen-bond donors (Lipinski definition) is 1. The Balaban J connectivity index is 1.86. The number of nitrogens with zero attached hydrogens (tertiary/aromatic N) is 1. The molecule has 1 N–H and O–H groups in total. The van der Waals surface area contributed by atoms with Gasteiger partial charge in [0.05, 0.1) is 5.92 Å². The highest BCUT2D eigenvalue weighted by molar-refractivity contribution is 5.81. The molecule has 2 atom stereocenters. The number of likely N-dealkylation sites (tertiary alicyclic amines) is 1. The lowest BCUT2D eigenvalue weighted by Crippen LogP contribution is -2.49. The van der Waals surface area contributed by atoms with Crippen molar-refractivity contribution in [2.45, 2.75) is 64.8 Å². The van der Waals surface area contributed by atoms with Crippen LogP contribution in [0.15, 0.2) is 0 Å². The molecule has 2 heterocycles. The second-order valence-electron chi connectivity index (χ2n) is 6.90. The minimum atomic E-state index is -0.0431. The molecule has 23 heavy (non-hydrogen) atoms. The van der Waals surface area contributed by atoms with Gasteiger partial charge >= 0.3 is 0 Å². The van der Waals surface area contributed by atoms with Gasteiger partial charge in [0.2, 0.25) is 11.8 Å². The summed E-state index contributed by atoms with van der Waals surface area (Å²) in [6.07, 6.45) is 6.31. The van der Waals surface area contributed by atoms with E-state index in [2.05, 4.69) is 12.2 Å². The Morgan fingerprint density at radius 1 is 1.22 bits per heavy atom. The van der Waals surface area contributed by atoms with Crippen molar-refractivity contribution >= 4 is 11.8 Å². The summed E-state index contributed by atoms with van der Waals surface area (Å²) in [6.45, 7) is 7.16. The first-order valence-electron chi connectivity index (χ1n) is 9.31. The van der Waals surface area contributed by atoms with E-state index < -0.39 is 0 Å². The topological polar surface area (TPSA) is 58.6 Å². The maximum Gasteiger partial charge on any atom is 0.225 e. The second kappa shape index (κ2) is 9.26. The van der Waals surface area contributed by atoms with Crippen molar-refractivity contribution in [3.8, 4) is 0 Å². The molecular formula is C18H32N2O3. The Morgan fingerprint density at radius 3 is 2.61 bits per heavy atom. The molecule has 0 aliphatic carbocycles. The smallest absolute Gasteiger partial charge is 0.225 e. The quantitative estimate of drug-likeness (QED) is 0.816. The summed E-state index contributed by atoms with van der Waals surface area (Å²) in [5.41, 5.74) is 0. The van der Waals surface area contributed by atoms with Gasteiger partial charge in [-0.25, -0.2) is 0 Å². The van der Waals surface area contributed by atoms with E-state index >= 15 is 0 Å². The normalized spacial score (nSPS) is 24.3. The van der Waals surface area contributed by atoms with E-state index in [1.807, 2.05) is 11.8 Å². The maximum absolute atomic E-state index is 12.7. The lowest BCUT2D eigenvalue weighted by atomic mass is 9.89. The molecule has 5 nitrogen and oxygen atoms in total. The zero-order valence-electron chi connectivity index (χ0n) is 14.7. The van der Waals surface area contributed by atoms with Crippen LogP contribution >= 0.6 is 0 Å².